The standard InChI is InChI=1S/C18H24N4O2/c19-10-4-1-9-17(18(23)24)22(13-15-7-2-5-11-20-15)14-16-8-3-6-12-21-16/h2-3,5-8,11-12,17H,1,4,9-10,13-14,19H2,(H,23,24)/p+2. The van der Waals surface area contributed by atoms with Gasteiger partial charge in [0.05, 0.1) is 18.8 Å². The van der Waals surface area contributed by atoms with Gasteiger partial charge >= 0.3 is 5.97 Å². The third kappa shape index (κ3) is 5.72. The van der Waals surface area contributed by atoms with Crippen LogP contribution in [0, 0.1) is 0 Å². The minimum absolute atomic E-state index is 0.505. The van der Waals surface area contributed by atoms with Crippen LogP contribution in [0.15, 0.2) is 48.8 Å². The Hall–Kier alpha value is -2.31. The number of carboxylic acids is 1. The van der Waals surface area contributed by atoms with Crippen molar-refractivity contribution in [3.63, 3.8) is 0 Å². The summed E-state index contributed by atoms with van der Waals surface area (Å²) in [6.07, 6.45) is 6.01. The summed E-state index contributed by atoms with van der Waals surface area (Å²) >= 11 is 0. The van der Waals surface area contributed by atoms with Crippen LogP contribution in [0.4, 0.5) is 0 Å². The fourth-order valence-electron chi connectivity index (χ4n) is 2.70. The van der Waals surface area contributed by atoms with Crippen molar-refractivity contribution < 1.29 is 20.6 Å². The van der Waals surface area contributed by atoms with Crippen molar-refractivity contribution in [2.45, 2.75) is 38.4 Å². The molecule has 0 saturated carbocycles. The number of quaternary nitrogens is 1. The van der Waals surface area contributed by atoms with E-state index in [1.807, 2.05) is 47.5 Å². The summed E-state index contributed by atoms with van der Waals surface area (Å²) in [7, 11) is 0. The van der Waals surface area contributed by atoms with Gasteiger partial charge in [-0.25, -0.2) is 4.98 Å². The van der Waals surface area contributed by atoms with E-state index in [1.54, 1.807) is 6.20 Å². The Bertz CT molecular complexity index is 565. The zero-order chi connectivity index (χ0) is 17.2. The van der Waals surface area contributed by atoms with Crippen LogP contribution in [0.3, 0.4) is 0 Å². The summed E-state index contributed by atoms with van der Waals surface area (Å²) in [4.78, 5) is 21.3. The lowest BCUT2D eigenvalue weighted by Crippen LogP contribution is -2.50. The third-order valence-corrected chi connectivity index (χ3v) is 3.94. The van der Waals surface area contributed by atoms with E-state index >= 15 is 0 Å². The number of nitrogens with zero attached hydrogens (tertiary/aromatic N) is 2. The summed E-state index contributed by atoms with van der Waals surface area (Å²) < 4.78 is 0. The van der Waals surface area contributed by atoms with Crippen molar-refractivity contribution in [3.8, 4) is 0 Å². The van der Waals surface area contributed by atoms with Crippen LogP contribution < -0.4 is 10.7 Å². The van der Waals surface area contributed by atoms with E-state index in [0.717, 1.165) is 30.8 Å². The lowest BCUT2D eigenvalue weighted by molar-refractivity contribution is -0.393. The van der Waals surface area contributed by atoms with Crippen molar-refractivity contribution >= 4 is 5.97 Å². The molecule has 24 heavy (non-hydrogen) atoms. The first-order chi connectivity index (χ1) is 11.7. The van der Waals surface area contributed by atoms with Crippen molar-refractivity contribution in [2.75, 3.05) is 6.54 Å². The van der Waals surface area contributed by atoms with Crippen molar-refractivity contribution in [2.24, 2.45) is 0 Å². The summed E-state index contributed by atoms with van der Waals surface area (Å²) in [6.45, 7) is 1.88. The topological polar surface area (TPSA) is 95.2 Å². The van der Waals surface area contributed by atoms with Crippen LogP contribution in [0.1, 0.15) is 30.7 Å². The van der Waals surface area contributed by atoms with Crippen LogP contribution in [-0.2, 0) is 17.9 Å². The molecule has 0 aromatic carbocycles. The van der Waals surface area contributed by atoms with Crippen LogP contribution in [-0.4, -0.2) is 33.5 Å². The fraction of sp³-hybridized carbons (Fsp3) is 0.389. The first-order valence-corrected chi connectivity index (χ1v) is 8.32. The van der Waals surface area contributed by atoms with Gasteiger partial charge in [-0.05, 0) is 31.4 Å². The summed E-state index contributed by atoms with van der Waals surface area (Å²) in [6, 6.07) is 11.0. The second kappa shape index (κ2) is 9.75. The van der Waals surface area contributed by atoms with Crippen molar-refractivity contribution in [1.82, 2.24) is 9.88 Å². The number of rotatable bonds is 10. The summed E-state index contributed by atoms with van der Waals surface area (Å²) in [5.41, 5.74) is 5.69. The predicted octanol–water partition coefficient (Wildman–Crippen LogP) is 0.763. The maximum absolute atomic E-state index is 11.8. The van der Waals surface area contributed by atoms with Gasteiger partial charge in [-0.2, -0.15) is 0 Å². The first-order valence-electron chi connectivity index (χ1n) is 8.32. The van der Waals surface area contributed by atoms with Gasteiger partial charge in [-0.3, -0.25) is 14.7 Å². The Morgan fingerprint density at radius 3 is 2.67 bits per heavy atom. The van der Waals surface area contributed by atoms with Gasteiger partial charge in [-0.15, -0.1) is 0 Å². The molecule has 0 amide bonds. The molecule has 2 aromatic rings. The molecule has 0 radical (unpaired) electrons. The number of hydrogen-bond donors (Lipinski definition) is 2. The molecule has 0 aliphatic carbocycles. The molecular weight excluding hydrogens is 304 g/mol. The highest BCUT2D eigenvalue weighted by molar-refractivity contribution is 5.73. The normalized spacial score (nSPS) is 12.2. The van der Waals surface area contributed by atoms with E-state index in [4.69, 9.17) is 0 Å². The smallest absolute Gasteiger partial charge is 0.320 e. The largest absolute Gasteiger partial charge is 0.480 e. The van der Waals surface area contributed by atoms with Gasteiger partial charge < -0.3 is 10.8 Å². The molecule has 0 aliphatic rings. The molecule has 0 spiro atoms. The number of nitrogens with one attached hydrogen (secondary N) is 1. The molecule has 0 aliphatic heterocycles. The second-order valence-corrected chi connectivity index (χ2v) is 5.82. The van der Waals surface area contributed by atoms with Crippen LogP contribution in [0.25, 0.3) is 0 Å². The summed E-state index contributed by atoms with van der Waals surface area (Å²) in [5.74, 6) is -0.786. The molecule has 6 heteroatoms. The van der Waals surface area contributed by atoms with E-state index in [1.165, 1.54) is 0 Å². The number of hydrogen-bond acceptors (Lipinski definition) is 3. The zero-order valence-electron chi connectivity index (χ0n) is 13.9. The number of aliphatic carboxylic acids is 1. The van der Waals surface area contributed by atoms with Crippen LogP contribution >= 0.6 is 0 Å². The van der Waals surface area contributed by atoms with Gasteiger partial charge in [0.25, 0.3) is 0 Å². The Balaban J connectivity index is 2.17. The molecule has 2 aromatic heterocycles. The van der Waals surface area contributed by atoms with Gasteiger partial charge in [0.15, 0.2) is 11.9 Å². The highest BCUT2D eigenvalue weighted by Gasteiger charge is 2.27. The highest BCUT2D eigenvalue weighted by Crippen LogP contribution is 2.15. The highest BCUT2D eigenvalue weighted by atomic mass is 16.4. The van der Waals surface area contributed by atoms with E-state index in [0.29, 0.717) is 19.5 Å². The fourth-order valence-corrected chi connectivity index (χ4v) is 2.70. The molecule has 2 rings (SSSR count). The number of carbonyl (C=O) groups is 1. The van der Waals surface area contributed by atoms with E-state index in [9.17, 15) is 9.90 Å². The number of unbranched alkanes of at least 4 members (excludes halogenated alkanes) is 1. The number of pyridine rings is 2. The van der Waals surface area contributed by atoms with Gasteiger partial charge in [-0.1, -0.05) is 12.1 Å². The van der Waals surface area contributed by atoms with Crippen LogP contribution in [0.5, 0.6) is 0 Å². The maximum atomic E-state index is 11.8. The van der Waals surface area contributed by atoms with E-state index < -0.39 is 12.0 Å². The predicted molar refractivity (Wildman–Crippen MR) is 89.5 cm³/mol. The minimum Gasteiger partial charge on any atom is -0.480 e. The lowest BCUT2D eigenvalue weighted by atomic mass is 10.1. The average molecular weight is 330 g/mol. The Morgan fingerprint density at radius 1 is 1.21 bits per heavy atom. The van der Waals surface area contributed by atoms with Crippen LogP contribution in [0.2, 0.25) is 0 Å². The van der Waals surface area contributed by atoms with Crippen molar-refractivity contribution in [1.29, 1.82) is 0 Å². The summed E-state index contributed by atoms with van der Waals surface area (Å²) in [5, 5.41) is 9.71. The first kappa shape index (κ1) is 18.0. The molecule has 5 N–H and O–H groups in total. The van der Waals surface area contributed by atoms with Gasteiger partial charge in [0.2, 0.25) is 0 Å². The monoisotopic (exact) mass is 330 g/mol. The molecule has 2 heterocycles. The van der Waals surface area contributed by atoms with E-state index in [2.05, 4.69) is 15.7 Å². The molecule has 1 unspecified atom stereocenters. The Kier molecular flexibility index (Phi) is 7.32. The number of H-pyrrole nitrogens is 1. The van der Waals surface area contributed by atoms with Gasteiger partial charge in [0.1, 0.15) is 6.04 Å². The molecule has 128 valence electrons. The zero-order valence-corrected chi connectivity index (χ0v) is 13.9. The number of aromatic nitrogens is 2. The Morgan fingerprint density at radius 2 is 2.04 bits per heavy atom. The van der Waals surface area contributed by atoms with E-state index in [-0.39, 0.29) is 0 Å². The molecule has 0 saturated heterocycles. The second-order valence-electron chi connectivity index (χ2n) is 5.82. The molecule has 6 nitrogen and oxygen atoms in total. The number of aromatic amines is 1. The maximum Gasteiger partial charge on any atom is 0.320 e. The molecule has 1 atom stereocenters. The number of carboxylic acid groups (broad SMARTS) is 1. The lowest BCUT2D eigenvalue weighted by Gasteiger charge is -2.27. The molecule has 0 bridgehead atoms. The Labute approximate surface area is 142 Å². The average Bonchev–Trinajstić information content (AvgIpc) is 2.60. The van der Waals surface area contributed by atoms with Crippen molar-refractivity contribution in [3.05, 3.63) is 60.2 Å². The molecule has 0 fully saturated rings. The SMILES string of the molecule is [NH3+]CCCCC(C(=O)O)N(Cc1ccccn1)Cc1cccc[nH+]1. The minimum atomic E-state index is -0.786. The molecular formula is C18H26N4O2+2. The third-order valence-electron chi connectivity index (χ3n) is 3.94. The van der Waals surface area contributed by atoms with Gasteiger partial charge in [0, 0.05) is 24.9 Å². The quantitative estimate of drug-likeness (QED) is 0.629.